The molecule has 1 N–H and O–H groups in total. The van der Waals surface area contributed by atoms with Crippen LogP contribution in [0.2, 0.25) is 0 Å². The van der Waals surface area contributed by atoms with Crippen molar-refractivity contribution in [3.8, 4) is 0 Å². The molecule has 2 heteroatoms. The Kier molecular flexibility index (Phi) is 1.68. The van der Waals surface area contributed by atoms with Crippen molar-refractivity contribution < 1.29 is 4.39 Å². The van der Waals surface area contributed by atoms with Crippen LogP contribution in [0.15, 0.2) is 18.2 Å². The first-order valence-corrected chi connectivity index (χ1v) is 5.34. The highest BCUT2D eigenvalue weighted by molar-refractivity contribution is 5.38. The van der Waals surface area contributed by atoms with Gasteiger partial charge in [-0.05, 0) is 55.5 Å². The molecule has 1 nitrogen and oxygen atoms in total. The molecule has 1 heterocycles. The summed E-state index contributed by atoms with van der Waals surface area (Å²) in [6.45, 7) is 1.11. The van der Waals surface area contributed by atoms with Crippen LogP contribution in [0.3, 0.4) is 0 Å². The topological polar surface area (TPSA) is 12.0 Å². The molecule has 0 saturated carbocycles. The first-order chi connectivity index (χ1) is 6.80. The second-order valence-electron chi connectivity index (χ2n) is 4.41. The first kappa shape index (κ1) is 8.42. The summed E-state index contributed by atoms with van der Waals surface area (Å²) in [6.07, 6.45) is 4.65. The maximum atomic E-state index is 13.0. The van der Waals surface area contributed by atoms with E-state index in [9.17, 15) is 4.39 Å². The van der Waals surface area contributed by atoms with Crippen molar-refractivity contribution in [3.63, 3.8) is 0 Å². The predicted octanol–water partition coefficient (Wildman–Crippen LogP) is 2.35. The van der Waals surface area contributed by atoms with E-state index >= 15 is 0 Å². The Hall–Kier alpha value is -0.890. The second-order valence-corrected chi connectivity index (χ2v) is 4.41. The summed E-state index contributed by atoms with van der Waals surface area (Å²) in [7, 11) is 0. The summed E-state index contributed by atoms with van der Waals surface area (Å²) >= 11 is 0. The molecular weight excluding hydrogens is 177 g/mol. The summed E-state index contributed by atoms with van der Waals surface area (Å²) < 4.78 is 13.0. The van der Waals surface area contributed by atoms with E-state index in [0.29, 0.717) is 0 Å². The van der Waals surface area contributed by atoms with Crippen LogP contribution in [0.4, 0.5) is 4.39 Å². The third kappa shape index (κ3) is 1.04. The van der Waals surface area contributed by atoms with Crippen LogP contribution in [0.25, 0.3) is 0 Å². The SMILES string of the molecule is Fc1ccc2c(c1)CCC[C@@]21CCN1. The van der Waals surface area contributed by atoms with Crippen LogP contribution in [-0.2, 0) is 12.0 Å². The van der Waals surface area contributed by atoms with Crippen molar-refractivity contribution in [3.05, 3.63) is 35.1 Å². The van der Waals surface area contributed by atoms with Gasteiger partial charge in [0.05, 0.1) is 0 Å². The molecule has 1 aliphatic carbocycles. The van der Waals surface area contributed by atoms with Crippen LogP contribution < -0.4 is 5.32 Å². The molecule has 0 unspecified atom stereocenters. The summed E-state index contributed by atoms with van der Waals surface area (Å²) in [5, 5.41) is 3.51. The van der Waals surface area contributed by atoms with Gasteiger partial charge in [-0.2, -0.15) is 0 Å². The number of fused-ring (bicyclic) bond motifs is 2. The van der Waals surface area contributed by atoms with Crippen molar-refractivity contribution in [2.45, 2.75) is 31.2 Å². The van der Waals surface area contributed by atoms with Crippen molar-refractivity contribution >= 4 is 0 Å². The minimum absolute atomic E-state index is 0.0971. The summed E-state index contributed by atoms with van der Waals surface area (Å²) in [5.74, 6) is -0.0971. The average molecular weight is 191 g/mol. The molecule has 1 aliphatic heterocycles. The quantitative estimate of drug-likeness (QED) is 0.663. The fourth-order valence-corrected chi connectivity index (χ4v) is 2.82. The fraction of sp³-hybridized carbons (Fsp3) is 0.500. The highest BCUT2D eigenvalue weighted by Crippen LogP contribution is 2.41. The van der Waals surface area contributed by atoms with Gasteiger partial charge >= 0.3 is 0 Å². The lowest BCUT2D eigenvalue weighted by atomic mass is 9.71. The third-order valence-electron chi connectivity index (χ3n) is 3.65. The Morgan fingerprint density at radius 3 is 2.86 bits per heavy atom. The Bertz CT molecular complexity index is 369. The van der Waals surface area contributed by atoms with Gasteiger partial charge in [-0.3, -0.25) is 0 Å². The van der Waals surface area contributed by atoms with Crippen LogP contribution >= 0.6 is 0 Å². The van der Waals surface area contributed by atoms with E-state index in [1.165, 1.54) is 30.4 Å². The summed E-state index contributed by atoms with van der Waals surface area (Å²) in [6, 6.07) is 5.26. The predicted molar refractivity (Wildman–Crippen MR) is 53.6 cm³/mol. The van der Waals surface area contributed by atoms with Crippen molar-refractivity contribution in [2.24, 2.45) is 0 Å². The van der Waals surface area contributed by atoms with Crippen molar-refractivity contribution in [2.75, 3.05) is 6.54 Å². The normalized spacial score (nSPS) is 29.8. The number of halogens is 1. The maximum Gasteiger partial charge on any atom is 0.123 e. The van der Waals surface area contributed by atoms with E-state index in [0.717, 1.165) is 13.0 Å². The largest absolute Gasteiger partial charge is 0.307 e. The second kappa shape index (κ2) is 2.80. The summed E-state index contributed by atoms with van der Waals surface area (Å²) in [4.78, 5) is 0. The molecule has 1 aromatic carbocycles. The van der Waals surface area contributed by atoms with Crippen LogP contribution in [-0.4, -0.2) is 6.54 Å². The number of aryl methyl sites for hydroxylation is 1. The Morgan fingerprint density at radius 1 is 1.29 bits per heavy atom. The smallest absolute Gasteiger partial charge is 0.123 e. The van der Waals surface area contributed by atoms with E-state index in [2.05, 4.69) is 5.32 Å². The lowest BCUT2D eigenvalue weighted by Crippen LogP contribution is -2.55. The van der Waals surface area contributed by atoms with Crippen molar-refractivity contribution in [1.29, 1.82) is 0 Å². The minimum Gasteiger partial charge on any atom is -0.307 e. The lowest BCUT2D eigenvalue weighted by molar-refractivity contribution is 0.177. The molecule has 0 aromatic heterocycles. The molecular formula is C12H14FN. The molecule has 1 spiro atoms. The minimum atomic E-state index is -0.0971. The summed E-state index contributed by atoms with van der Waals surface area (Å²) in [5.41, 5.74) is 2.77. The van der Waals surface area contributed by atoms with E-state index in [1.54, 1.807) is 12.1 Å². The molecule has 1 fully saturated rings. The molecule has 0 radical (unpaired) electrons. The first-order valence-electron chi connectivity index (χ1n) is 5.34. The van der Waals surface area contributed by atoms with Crippen LogP contribution in [0.1, 0.15) is 30.4 Å². The van der Waals surface area contributed by atoms with Crippen molar-refractivity contribution in [1.82, 2.24) is 5.32 Å². The highest BCUT2D eigenvalue weighted by atomic mass is 19.1. The maximum absolute atomic E-state index is 13.0. The monoisotopic (exact) mass is 191 g/mol. The van der Waals surface area contributed by atoms with E-state index in [-0.39, 0.29) is 11.4 Å². The van der Waals surface area contributed by atoms with Gasteiger partial charge in [0.2, 0.25) is 0 Å². The van der Waals surface area contributed by atoms with Gasteiger partial charge in [-0.1, -0.05) is 6.07 Å². The van der Waals surface area contributed by atoms with Crippen LogP contribution in [0.5, 0.6) is 0 Å². The standard InChI is InChI=1S/C12H14FN/c13-10-3-4-11-9(8-10)2-1-5-12(11)6-7-14-12/h3-4,8,14H,1-2,5-7H2/t12-/m1/s1. The number of hydrogen-bond acceptors (Lipinski definition) is 1. The molecule has 2 aliphatic rings. The zero-order chi connectivity index (χ0) is 9.60. The highest BCUT2D eigenvalue weighted by Gasteiger charge is 2.41. The molecule has 74 valence electrons. The van der Waals surface area contributed by atoms with Gasteiger partial charge in [0.15, 0.2) is 0 Å². The molecule has 1 saturated heterocycles. The molecule has 14 heavy (non-hydrogen) atoms. The van der Waals surface area contributed by atoms with Gasteiger partial charge in [-0.15, -0.1) is 0 Å². The molecule has 0 bridgehead atoms. The van der Waals surface area contributed by atoms with Gasteiger partial charge in [0, 0.05) is 5.54 Å². The zero-order valence-electron chi connectivity index (χ0n) is 8.15. The number of nitrogens with one attached hydrogen (secondary N) is 1. The van der Waals surface area contributed by atoms with E-state index in [4.69, 9.17) is 0 Å². The number of rotatable bonds is 0. The average Bonchev–Trinajstić information content (AvgIpc) is 2.13. The van der Waals surface area contributed by atoms with E-state index < -0.39 is 0 Å². The Morgan fingerprint density at radius 2 is 2.14 bits per heavy atom. The van der Waals surface area contributed by atoms with Gasteiger partial charge in [-0.25, -0.2) is 4.39 Å². The molecule has 1 aromatic rings. The zero-order valence-corrected chi connectivity index (χ0v) is 8.15. The van der Waals surface area contributed by atoms with E-state index in [1.807, 2.05) is 6.07 Å². The third-order valence-corrected chi connectivity index (χ3v) is 3.65. The number of hydrogen-bond donors (Lipinski definition) is 1. The Balaban J connectivity index is 2.10. The Labute approximate surface area is 83.3 Å². The molecule has 0 amide bonds. The molecule has 3 rings (SSSR count). The van der Waals surface area contributed by atoms with Gasteiger partial charge < -0.3 is 5.32 Å². The fourth-order valence-electron chi connectivity index (χ4n) is 2.82. The van der Waals surface area contributed by atoms with Crippen LogP contribution in [0, 0.1) is 5.82 Å². The number of benzene rings is 1. The van der Waals surface area contributed by atoms with Gasteiger partial charge in [0.25, 0.3) is 0 Å². The lowest BCUT2D eigenvalue weighted by Gasteiger charge is -2.47. The molecule has 1 atom stereocenters. The van der Waals surface area contributed by atoms with Gasteiger partial charge in [0.1, 0.15) is 5.82 Å².